The predicted molar refractivity (Wildman–Crippen MR) is 208 cm³/mol. The fourth-order valence-electron chi connectivity index (χ4n) is 7.57. The second kappa shape index (κ2) is 13.4. The molecular weight excluding hydrogens is 663 g/mol. The molecule has 6 heterocycles. The second-order valence-corrected chi connectivity index (χ2v) is 15.4. The van der Waals surface area contributed by atoms with Gasteiger partial charge in [0, 0.05) is 83.5 Å². The lowest BCUT2D eigenvalue weighted by Crippen LogP contribution is -2.26. The summed E-state index contributed by atoms with van der Waals surface area (Å²) in [5, 5.41) is 7.89. The maximum Gasteiger partial charge on any atom is 0.167 e. The maximum absolute atomic E-state index is 13.0. The predicted octanol–water partition coefficient (Wildman–Crippen LogP) is 10.1. The quantitative estimate of drug-likeness (QED) is 0.134. The summed E-state index contributed by atoms with van der Waals surface area (Å²) >= 11 is 0. The van der Waals surface area contributed by atoms with Crippen LogP contribution < -0.4 is 10.6 Å². The van der Waals surface area contributed by atoms with Crippen LogP contribution in [0.4, 0.5) is 22.9 Å². The third-order valence-electron chi connectivity index (χ3n) is 9.88. The van der Waals surface area contributed by atoms with Crippen molar-refractivity contribution in [2.75, 3.05) is 10.6 Å². The Morgan fingerprint density at radius 1 is 0.642 bits per heavy atom. The molecule has 0 atom stereocenters. The SMILES string of the molecule is CC1(C)CC(=O)c2c([nH]c(-c3ccncc3)c2Nc2ccc3ccoc3c2)C1.CC1(C)CC(=O)c2c([nH]c(-c3ccncc3)c2Nc2ccccn2)C1. The van der Waals surface area contributed by atoms with Crippen molar-refractivity contribution in [2.45, 2.75) is 53.4 Å². The number of furan rings is 1. The Labute approximate surface area is 307 Å². The zero-order valence-corrected chi connectivity index (χ0v) is 30.2. The molecule has 0 saturated carbocycles. The summed E-state index contributed by atoms with van der Waals surface area (Å²) in [7, 11) is 0. The zero-order chi connectivity index (χ0) is 36.7. The number of hydrogen-bond donors (Lipinski definition) is 4. The van der Waals surface area contributed by atoms with E-state index in [9.17, 15) is 9.59 Å². The molecule has 0 bridgehead atoms. The molecule has 10 heteroatoms. The highest BCUT2D eigenvalue weighted by Crippen LogP contribution is 2.44. The highest BCUT2D eigenvalue weighted by atomic mass is 16.3. The van der Waals surface area contributed by atoms with Crippen molar-refractivity contribution in [2.24, 2.45) is 10.8 Å². The van der Waals surface area contributed by atoms with Gasteiger partial charge in [0.25, 0.3) is 0 Å². The maximum atomic E-state index is 13.0. The van der Waals surface area contributed by atoms with Crippen LogP contribution >= 0.6 is 0 Å². The number of hydrogen-bond acceptors (Lipinski definition) is 8. The lowest BCUT2D eigenvalue weighted by atomic mass is 9.76. The summed E-state index contributed by atoms with van der Waals surface area (Å²) in [5.74, 6) is 1.06. The molecule has 10 nitrogen and oxygen atoms in total. The molecule has 7 aromatic rings. The number of nitrogens with one attached hydrogen (secondary N) is 4. The minimum Gasteiger partial charge on any atom is -0.464 e. The van der Waals surface area contributed by atoms with Crippen LogP contribution in [0, 0.1) is 10.8 Å². The minimum absolute atomic E-state index is 0.0350. The molecule has 0 amide bonds. The lowest BCUT2D eigenvalue weighted by Gasteiger charge is -2.28. The van der Waals surface area contributed by atoms with Gasteiger partial charge in [-0.05, 0) is 78.3 Å². The van der Waals surface area contributed by atoms with E-state index in [4.69, 9.17) is 4.42 Å². The van der Waals surface area contributed by atoms with Crippen molar-refractivity contribution in [1.82, 2.24) is 24.9 Å². The largest absolute Gasteiger partial charge is 0.464 e. The third kappa shape index (κ3) is 6.87. The number of aromatic nitrogens is 5. The van der Waals surface area contributed by atoms with Crippen LogP contribution in [0.15, 0.2) is 108 Å². The Bertz CT molecular complexity index is 2440. The molecule has 0 aliphatic heterocycles. The van der Waals surface area contributed by atoms with Gasteiger partial charge in [-0.3, -0.25) is 19.6 Å². The number of anilines is 4. The standard InChI is InChI=1S/C23H21N3O2.C20H20N4O/c1-23(2)12-17-20(18(27)13-23)22(21(26-17)15-5-8-24-9-6-15)25-16-4-3-14-7-10-28-19(14)11-16;1-20(2)11-14-17(15(25)12-20)19(24-16-5-3-4-8-22-16)18(23-14)13-6-9-21-10-7-13/h3-11,25-26H,12-13H2,1-2H3;3-10,23H,11-12H2,1-2H3,(H,22,24). The Morgan fingerprint density at radius 3 is 1.75 bits per heavy atom. The average Bonchev–Trinajstić information content (AvgIpc) is 3.84. The highest BCUT2D eigenvalue weighted by molar-refractivity contribution is 6.08. The van der Waals surface area contributed by atoms with Crippen LogP contribution in [0.5, 0.6) is 0 Å². The number of pyridine rings is 3. The number of carbonyl (C=O) groups excluding carboxylic acids is 2. The van der Waals surface area contributed by atoms with Gasteiger partial charge in [0.15, 0.2) is 11.6 Å². The van der Waals surface area contributed by atoms with Gasteiger partial charge in [0.05, 0.1) is 40.2 Å². The van der Waals surface area contributed by atoms with E-state index in [0.29, 0.717) is 12.8 Å². The first-order valence-corrected chi connectivity index (χ1v) is 17.8. The summed E-state index contributed by atoms with van der Waals surface area (Å²) in [6.45, 7) is 8.54. The summed E-state index contributed by atoms with van der Waals surface area (Å²) in [6, 6.07) is 21.4. The number of H-pyrrole nitrogens is 2. The second-order valence-electron chi connectivity index (χ2n) is 15.4. The van der Waals surface area contributed by atoms with Crippen molar-refractivity contribution in [3.63, 3.8) is 0 Å². The summed E-state index contributed by atoms with van der Waals surface area (Å²) in [4.78, 5) is 45.5. The van der Waals surface area contributed by atoms with Crippen LogP contribution in [0.25, 0.3) is 33.5 Å². The van der Waals surface area contributed by atoms with Crippen molar-refractivity contribution in [1.29, 1.82) is 0 Å². The van der Waals surface area contributed by atoms with Gasteiger partial charge in [0.1, 0.15) is 11.4 Å². The minimum atomic E-state index is -0.0468. The van der Waals surface area contributed by atoms with Gasteiger partial charge in [-0.15, -0.1) is 0 Å². The number of ketones is 2. The van der Waals surface area contributed by atoms with Gasteiger partial charge in [-0.2, -0.15) is 0 Å². The van der Waals surface area contributed by atoms with E-state index < -0.39 is 0 Å². The number of nitrogens with zero attached hydrogens (tertiary/aromatic N) is 3. The molecule has 0 saturated heterocycles. The van der Waals surface area contributed by atoms with Crippen LogP contribution in [0.3, 0.4) is 0 Å². The number of aromatic amines is 2. The van der Waals surface area contributed by atoms with E-state index in [1.165, 1.54) is 0 Å². The van der Waals surface area contributed by atoms with Crippen LogP contribution in [-0.2, 0) is 12.8 Å². The summed E-state index contributed by atoms with van der Waals surface area (Å²) < 4.78 is 5.53. The molecule has 0 spiro atoms. The van der Waals surface area contributed by atoms with Gasteiger partial charge in [-0.1, -0.05) is 33.8 Å². The number of rotatable bonds is 6. The summed E-state index contributed by atoms with van der Waals surface area (Å²) in [5.41, 5.74) is 10.6. The van der Waals surface area contributed by atoms with Crippen LogP contribution in [0.1, 0.15) is 72.6 Å². The van der Waals surface area contributed by atoms with Gasteiger partial charge in [-0.25, -0.2) is 4.98 Å². The first-order chi connectivity index (χ1) is 25.5. The molecular formula is C43H41N7O3. The molecule has 2 aliphatic rings. The molecule has 53 heavy (non-hydrogen) atoms. The number of Topliss-reactive ketones (excluding diaryl/α,β-unsaturated/α-hetero) is 2. The Morgan fingerprint density at radius 2 is 1.21 bits per heavy atom. The van der Waals surface area contributed by atoms with Crippen molar-refractivity contribution >= 4 is 45.4 Å². The van der Waals surface area contributed by atoms with E-state index in [1.807, 2.05) is 66.7 Å². The topological polar surface area (TPSA) is 142 Å². The summed E-state index contributed by atoms with van der Waals surface area (Å²) in [6.07, 6.45) is 13.2. The van der Waals surface area contributed by atoms with Crippen molar-refractivity contribution < 1.29 is 14.0 Å². The Balaban J connectivity index is 0.000000152. The molecule has 2 aliphatic carbocycles. The average molecular weight is 704 g/mol. The van der Waals surface area contributed by atoms with Gasteiger partial charge < -0.3 is 25.0 Å². The fraction of sp³-hybridized carbons (Fsp3) is 0.233. The lowest BCUT2D eigenvalue weighted by molar-refractivity contribution is 0.0903. The normalized spacial score (nSPS) is 15.6. The van der Waals surface area contributed by atoms with E-state index in [-0.39, 0.29) is 22.4 Å². The molecule has 9 rings (SSSR count). The van der Waals surface area contributed by atoms with Gasteiger partial charge in [0.2, 0.25) is 0 Å². The molecule has 1 aromatic carbocycles. The van der Waals surface area contributed by atoms with Crippen molar-refractivity contribution in [3.05, 3.63) is 126 Å². The number of fused-ring (bicyclic) bond motifs is 3. The molecule has 266 valence electrons. The Hall–Kier alpha value is -6.29. The molecule has 0 radical (unpaired) electrons. The van der Waals surface area contributed by atoms with E-state index in [0.717, 1.165) is 91.7 Å². The van der Waals surface area contributed by atoms with E-state index in [1.54, 1.807) is 37.2 Å². The highest BCUT2D eigenvalue weighted by Gasteiger charge is 2.37. The monoisotopic (exact) mass is 703 g/mol. The zero-order valence-electron chi connectivity index (χ0n) is 30.2. The van der Waals surface area contributed by atoms with E-state index >= 15 is 0 Å². The fourth-order valence-corrected chi connectivity index (χ4v) is 7.57. The van der Waals surface area contributed by atoms with E-state index in [2.05, 4.69) is 63.2 Å². The third-order valence-corrected chi connectivity index (χ3v) is 9.88. The first-order valence-electron chi connectivity index (χ1n) is 17.8. The first kappa shape index (κ1) is 33.8. The molecule has 0 fully saturated rings. The van der Waals surface area contributed by atoms with Gasteiger partial charge >= 0.3 is 0 Å². The molecule has 6 aromatic heterocycles. The van der Waals surface area contributed by atoms with Crippen LogP contribution in [0.2, 0.25) is 0 Å². The molecule has 0 unspecified atom stereocenters. The molecule has 4 N–H and O–H groups in total. The van der Waals surface area contributed by atoms with Crippen LogP contribution in [-0.4, -0.2) is 36.5 Å². The smallest absolute Gasteiger partial charge is 0.167 e. The van der Waals surface area contributed by atoms with Crippen molar-refractivity contribution in [3.8, 4) is 22.5 Å². The Kier molecular flexibility index (Phi) is 8.53. The number of benzene rings is 1. The number of carbonyl (C=O) groups is 2.